The molecule has 12 nitrogen and oxygen atoms in total. The number of thiophene rings is 1. The standard InChI is InChI=1S/C29H45N7O5S3/c1-29(2,3)25(23-16-20(18-41-23)8-5-6-10-35-14-12-34(4)13-15-35)31-27-26(32-43-33-27)30-22-19-42-28(24(22)38)44(39,40)36-11-7-9-21(36)17-37/h16,18-19,21,25,37-38H,5-15,17H2,1-4H3,(H,30,32)(H,31,33)/t21?,25-/m0/s1. The average Bonchev–Trinajstić information content (AvgIpc) is 3.79. The number of rotatable bonds is 13. The number of nitrogens with one attached hydrogen (secondary N) is 2. The number of unbranched alkanes of at least 4 members (excludes halogenated alkanes) is 1. The normalized spacial score (nSPS) is 19.9. The molecule has 0 amide bonds. The molecule has 0 saturated carbocycles. The number of aromatic nitrogens is 2. The zero-order valence-electron chi connectivity index (χ0n) is 26.0. The minimum Gasteiger partial charge on any atom is -0.504 e. The van der Waals surface area contributed by atoms with E-state index < -0.39 is 16.1 Å². The smallest absolute Gasteiger partial charge is 0.256 e. The van der Waals surface area contributed by atoms with Gasteiger partial charge in [0.15, 0.2) is 21.6 Å². The van der Waals surface area contributed by atoms with Gasteiger partial charge in [-0.25, -0.2) is 8.42 Å². The molecular formula is C29H45N7O5S3. The molecule has 3 aromatic rings. The molecule has 0 bridgehead atoms. The lowest BCUT2D eigenvalue weighted by molar-refractivity contribution is 0.152. The van der Waals surface area contributed by atoms with Crippen LogP contribution in [0.3, 0.4) is 0 Å². The van der Waals surface area contributed by atoms with Crippen LogP contribution < -0.4 is 10.6 Å². The van der Waals surface area contributed by atoms with Crippen LogP contribution >= 0.6 is 23.1 Å². The molecule has 0 radical (unpaired) electrons. The molecule has 0 aromatic carbocycles. The minimum atomic E-state index is -3.95. The van der Waals surface area contributed by atoms with Crippen LogP contribution in [0.2, 0.25) is 0 Å². The van der Waals surface area contributed by atoms with Gasteiger partial charge in [-0.15, -0.1) is 11.3 Å². The van der Waals surface area contributed by atoms with Crippen LogP contribution in [0.25, 0.3) is 0 Å². The van der Waals surface area contributed by atoms with Gasteiger partial charge in [-0.1, -0.05) is 20.8 Å². The fourth-order valence-corrected chi connectivity index (χ4v) is 9.29. The molecule has 244 valence electrons. The number of aliphatic hydroxyl groups is 1. The maximum Gasteiger partial charge on any atom is 0.256 e. The number of aryl methyl sites for hydroxylation is 1. The Bertz CT molecular complexity index is 1470. The molecule has 2 aliphatic rings. The second kappa shape index (κ2) is 14.0. The third-order valence-corrected chi connectivity index (χ3v) is 12.4. The van der Waals surface area contributed by atoms with Crippen LogP contribution in [0.15, 0.2) is 26.3 Å². The van der Waals surface area contributed by atoms with Gasteiger partial charge in [-0.2, -0.15) is 13.1 Å². The number of hydrogen-bond donors (Lipinski definition) is 4. The van der Waals surface area contributed by atoms with Crippen LogP contribution in [0, 0.1) is 5.41 Å². The first kappa shape index (κ1) is 33.1. The van der Waals surface area contributed by atoms with Gasteiger partial charge in [0.25, 0.3) is 10.0 Å². The lowest BCUT2D eigenvalue weighted by atomic mass is 9.85. The molecule has 15 heteroatoms. The molecule has 0 aliphatic carbocycles. The number of hydrogen-bond acceptors (Lipinski definition) is 13. The number of aliphatic hydroxyl groups excluding tert-OH is 1. The van der Waals surface area contributed by atoms with Crippen molar-refractivity contribution in [3.05, 3.63) is 29.0 Å². The molecule has 5 rings (SSSR count). The molecule has 2 fully saturated rings. The molecule has 44 heavy (non-hydrogen) atoms. The summed E-state index contributed by atoms with van der Waals surface area (Å²) in [5.74, 6) is 1.30. The Kier molecular flexibility index (Phi) is 10.5. The highest BCUT2D eigenvalue weighted by atomic mass is 32.2. The Morgan fingerprint density at radius 3 is 2.61 bits per heavy atom. The van der Waals surface area contributed by atoms with Crippen molar-refractivity contribution in [1.29, 1.82) is 0 Å². The van der Waals surface area contributed by atoms with Gasteiger partial charge in [0.05, 0.1) is 36.3 Å². The summed E-state index contributed by atoms with van der Waals surface area (Å²) in [6, 6.07) is 1.42. The summed E-state index contributed by atoms with van der Waals surface area (Å²) in [5, 5.41) is 28.7. The van der Waals surface area contributed by atoms with Crippen LogP contribution in [-0.4, -0.2) is 100 Å². The van der Waals surface area contributed by atoms with E-state index in [-0.39, 0.29) is 33.7 Å². The van der Waals surface area contributed by atoms with E-state index in [2.05, 4.69) is 63.1 Å². The number of anilines is 3. The summed E-state index contributed by atoms with van der Waals surface area (Å²) in [6.07, 6.45) is 6.32. The van der Waals surface area contributed by atoms with E-state index in [0.717, 1.165) is 80.8 Å². The number of piperazine rings is 1. The molecule has 2 atom stereocenters. The van der Waals surface area contributed by atoms with Crippen molar-refractivity contribution in [2.45, 2.75) is 69.2 Å². The molecule has 2 aliphatic heterocycles. The zero-order valence-corrected chi connectivity index (χ0v) is 28.4. The molecule has 0 spiro atoms. The van der Waals surface area contributed by atoms with Crippen molar-refractivity contribution >= 4 is 50.4 Å². The van der Waals surface area contributed by atoms with Gasteiger partial charge < -0.3 is 35.1 Å². The molecule has 1 unspecified atom stereocenters. The fraction of sp³-hybridized carbons (Fsp3) is 0.655. The minimum absolute atomic E-state index is 0.155. The lowest BCUT2D eigenvalue weighted by Gasteiger charge is -2.32. The van der Waals surface area contributed by atoms with E-state index in [1.54, 1.807) is 5.38 Å². The van der Waals surface area contributed by atoms with Gasteiger partial charge in [-0.05, 0) is 62.7 Å². The van der Waals surface area contributed by atoms with E-state index >= 15 is 0 Å². The monoisotopic (exact) mass is 667 g/mol. The summed E-state index contributed by atoms with van der Waals surface area (Å²) in [6.45, 7) is 12.1. The van der Waals surface area contributed by atoms with Gasteiger partial charge in [0, 0.05) is 44.1 Å². The topological polar surface area (TPSA) is 147 Å². The summed E-state index contributed by atoms with van der Waals surface area (Å²) >= 11 is 1.95. The summed E-state index contributed by atoms with van der Waals surface area (Å²) in [7, 11) is -1.77. The number of furan rings is 1. The van der Waals surface area contributed by atoms with Gasteiger partial charge >= 0.3 is 0 Å². The third kappa shape index (κ3) is 7.57. The lowest BCUT2D eigenvalue weighted by Crippen LogP contribution is -2.44. The number of sulfonamides is 1. The Hall–Kier alpha value is -2.27. The van der Waals surface area contributed by atoms with E-state index in [4.69, 9.17) is 4.42 Å². The average molecular weight is 668 g/mol. The highest BCUT2D eigenvalue weighted by Gasteiger charge is 2.38. The highest BCUT2D eigenvalue weighted by molar-refractivity contribution is 7.91. The van der Waals surface area contributed by atoms with Crippen LogP contribution in [0.4, 0.5) is 17.3 Å². The van der Waals surface area contributed by atoms with Crippen molar-refractivity contribution in [2.24, 2.45) is 5.41 Å². The number of likely N-dealkylation sites (N-methyl/N-ethyl adjacent to an activating group) is 1. The van der Waals surface area contributed by atoms with Crippen LogP contribution in [-0.2, 0) is 16.4 Å². The van der Waals surface area contributed by atoms with Crippen molar-refractivity contribution in [1.82, 2.24) is 22.9 Å². The Morgan fingerprint density at radius 2 is 1.89 bits per heavy atom. The van der Waals surface area contributed by atoms with Crippen molar-refractivity contribution in [2.75, 3.05) is 63.6 Å². The Labute approximate surface area is 268 Å². The maximum absolute atomic E-state index is 13.3. The molecule has 2 saturated heterocycles. The van der Waals surface area contributed by atoms with Crippen molar-refractivity contribution < 1.29 is 23.0 Å². The first-order valence-corrected chi connectivity index (χ1v) is 18.3. The largest absolute Gasteiger partial charge is 0.504 e. The van der Waals surface area contributed by atoms with Crippen molar-refractivity contribution in [3.8, 4) is 5.75 Å². The van der Waals surface area contributed by atoms with Gasteiger partial charge in [0.2, 0.25) is 0 Å². The summed E-state index contributed by atoms with van der Waals surface area (Å²) < 4.78 is 42.6. The molecular weight excluding hydrogens is 623 g/mol. The van der Waals surface area contributed by atoms with Gasteiger partial charge in [-0.3, -0.25) is 0 Å². The SMILES string of the molecule is CN1CCN(CCCCc2coc([C@H](Nc3nsnc3Nc3csc(S(=O)(=O)N4CCCC4CO)c3O)C(C)(C)C)c2)CC1. The number of nitrogens with zero attached hydrogens (tertiary/aromatic N) is 5. The Morgan fingerprint density at radius 1 is 1.14 bits per heavy atom. The van der Waals surface area contributed by atoms with E-state index in [1.807, 2.05) is 6.26 Å². The predicted octanol–water partition coefficient (Wildman–Crippen LogP) is 4.56. The van der Waals surface area contributed by atoms with E-state index in [1.165, 1.54) is 9.87 Å². The zero-order chi connectivity index (χ0) is 31.5. The predicted molar refractivity (Wildman–Crippen MR) is 175 cm³/mol. The molecule has 3 aromatic heterocycles. The van der Waals surface area contributed by atoms with Crippen LogP contribution in [0.1, 0.15) is 63.8 Å². The van der Waals surface area contributed by atoms with Crippen molar-refractivity contribution in [3.63, 3.8) is 0 Å². The number of aromatic hydroxyl groups is 1. The quantitative estimate of drug-likeness (QED) is 0.190. The Balaban J connectivity index is 1.23. The second-order valence-corrected chi connectivity index (χ2v) is 16.4. The third-order valence-electron chi connectivity index (χ3n) is 8.44. The van der Waals surface area contributed by atoms with Gasteiger partial charge in [0.1, 0.15) is 5.76 Å². The summed E-state index contributed by atoms with van der Waals surface area (Å²) in [4.78, 5) is 4.92. The molecule has 5 heterocycles. The summed E-state index contributed by atoms with van der Waals surface area (Å²) in [5.41, 5.74) is 1.16. The van der Waals surface area contributed by atoms with Crippen LogP contribution in [0.5, 0.6) is 5.75 Å². The first-order chi connectivity index (χ1) is 21.0. The fourth-order valence-electron chi connectivity index (χ4n) is 5.78. The molecule has 4 N–H and O–H groups in total. The second-order valence-electron chi connectivity index (χ2n) is 12.9. The van der Waals surface area contributed by atoms with E-state index in [9.17, 15) is 18.6 Å². The first-order valence-electron chi connectivity index (χ1n) is 15.2. The maximum atomic E-state index is 13.3. The highest BCUT2D eigenvalue weighted by Crippen LogP contribution is 2.43. The van der Waals surface area contributed by atoms with E-state index in [0.29, 0.717) is 31.0 Å².